The maximum absolute atomic E-state index is 11.1. The monoisotopic (exact) mass is 180 g/mol. The van der Waals surface area contributed by atoms with E-state index in [0.29, 0.717) is 11.1 Å². The maximum Gasteiger partial charge on any atom is 0.337 e. The summed E-state index contributed by atoms with van der Waals surface area (Å²) in [5, 5.41) is 0. The number of carbonyl (C=O) groups is 2. The highest BCUT2D eigenvalue weighted by Gasteiger charge is 2.14. The van der Waals surface area contributed by atoms with Crippen molar-refractivity contribution >= 4 is 11.8 Å². The summed E-state index contributed by atoms with van der Waals surface area (Å²) in [6, 6.07) is 0. The second-order valence-electron chi connectivity index (χ2n) is 2.92. The molecule has 0 aromatic carbocycles. The van der Waals surface area contributed by atoms with Crippen LogP contribution in [0.2, 0.25) is 0 Å². The minimum Gasteiger partial charge on any atom is -0.465 e. The molecule has 0 saturated carbocycles. The summed E-state index contributed by atoms with van der Waals surface area (Å²) in [6.07, 6.45) is 4.85. The van der Waals surface area contributed by atoms with Gasteiger partial charge in [-0.15, -0.1) is 0 Å². The molecule has 0 radical (unpaired) electrons. The topological polar surface area (TPSA) is 43.4 Å². The van der Waals surface area contributed by atoms with Gasteiger partial charge in [-0.25, -0.2) is 4.79 Å². The number of hydrogen-bond acceptors (Lipinski definition) is 3. The van der Waals surface area contributed by atoms with Gasteiger partial charge in [0.05, 0.1) is 12.7 Å². The molecule has 0 saturated heterocycles. The average molecular weight is 180 g/mol. The lowest BCUT2D eigenvalue weighted by Gasteiger charge is -2.09. The van der Waals surface area contributed by atoms with Gasteiger partial charge in [-0.2, -0.15) is 0 Å². The fraction of sp³-hybridized carbons (Fsp3) is 0.400. The van der Waals surface area contributed by atoms with Crippen molar-refractivity contribution in [2.24, 2.45) is 0 Å². The number of rotatable bonds is 2. The molecule has 0 bridgehead atoms. The van der Waals surface area contributed by atoms with Crippen molar-refractivity contribution in [1.29, 1.82) is 0 Å². The predicted octanol–water partition coefficient (Wildman–Crippen LogP) is 1.39. The zero-order chi connectivity index (χ0) is 9.84. The summed E-state index contributed by atoms with van der Waals surface area (Å²) < 4.78 is 4.55. The van der Waals surface area contributed by atoms with Crippen LogP contribution < -0.4 is 0 Å². The average Bonchev–Trinajstić information content (AvgIpc) is 2.17. The van der Waals surface area contributed by atoms with Crippen molar-refractivity contribution in [3.8, 4) is 0 Å². The van der Waals surface area contributed by atoms with Gasteiger partial charge in [0.2, 0.25) is 0 Å². The molecule has 1 aliphatic rings. The molecule has 1 rings (SSSR count). The number of ether oxygens (including phenoxy) is 1. The molecule has 1 aliphatic carbocycles. The van der Waals surface area contributed by atoms with Crippen LogP contribution >= 0.6 is 0 Å². The van der Waals surface area contributed by atoms with E-state index in [0.717, 1.165) is 12.8 Å². The number of esters is 1. The molecule has 0 aromatic rings. The number of methoxy groups -OCH3 is 1. The second kappa shape index (κ2) is 4.03. The number of Topliss-reactive ketones (excluding diaryl/α,β-unsaturated/α-hetero) is 1. The summed E-state index contributed by atoms with van der Waals surface area (Å²) >= 11 is 0. The largest absolute Gasteiger partial charge is 0.465 e. The molecular weight excluding hydrogens is 168 g/mol. The molecular formula is C10H12O3. The van der Waals surface area contributed by atoms with Crippen molar-refractivity contribution in [2.45, 2.75) is 19.8 Å². The highest BCUT2D eigenvalue weighted by molar-refractivity contribution is 5.99. The summed E-state index contributed by atoms with van der Waals surface area (Å²) in [5.74, 6) is -0.354. The van der Waals surface area contributed by atoms with E-state index < -0.39 is 0 Å². The van der Waals surface area contributed by atoms with Gasteiger partial charge in [0.25, 0.3) is 0 Å². The van der Waals surface area contributed by atoms with Crippen LogP contribution in [0.25, 0.3) is 0 Å². The van der Waals surface area contributed by atoms with E-state index in [1.54, 1.807) is 12.2 Å². The first-order valence-electron chi connectivity index (χ1n) is 4.15. The van der Waals surface area contributed by atoms with Gasteiger partial charge in [0.1, 0.15) is 0 Å². The Kier molecular flexibility index (Phi) is 3.01. The summed E-state index contributed by atoms with van der Waals surface area (Å²) in [7, 11) is 1.33. The third-order valence-electron chi connectivity index (χ3n) is 1.98. The molecule has 3 nitrogen and oxygen atoms in total. The van der Waals surface area contributed by atoms with Crippen LogP contribution in [0.5, 0.6) is 0 Å². The Bertz CT molecular complexity index is 297. The number of ketones is 1. The second-order valence-corrected chi connectivity index (χ2v) is 2.92. The van der Waals surface area contributed by atoms with Gasteiger partial charge in [-0.05, 0) is 31.4 Å². The van der Waals surface area contributed by atoms with Crippen LogP contribution in [0.15, 0.2) is 23.3 Å². The molecule has 70 valence electrons. The molecule has 0 aliphatic heterocycles. The third kappa shape index (κ3) is 2.28. The van der Waals surface area contributed by atoms with Crippen LogP contribution in [0.3, 0.4) is 0 Å². The van der Waals surface area contributed by atoms with Gasteiger partial charge in [0.15, 0.2) is 5.78 Å². The van der Waals surface area contributed by atoms with Crippen molar-refractivity contribution in [3.05, 3.63) is 23.3 Å². The molecule has 0 unspecified atom stereocenters. The fourth-order valence-corrected chi connectivity index (χ4v) is 1.24. The first kappa shape index (κ1) is 9.71. The van der Waals surface area contributed by atoms with E-state index in [4.69, 9.17) is 0 Å². The molecule has 3 heteroatoms. The summed E-state index contributed by atoms with van der Waals surface area (Å²) in [6.45, 7) is 1.51. The Balaban J connectivity index is 2.84. The van der Waals surface area contributed by atoms with Crippen molar-refractivity contribution in [1.82, 2.24) is 0 Å². The van der Waals surface area contributed by atoms with Crippen LogP contribution in [0.4, 0.5) is 0 Å². The molecule has 0 aromatic heterocycles. The first-order valence-corrected chi connectivity index (χ1v) is 4.15. The molecule has 0 fully saturated rings. The molecule has 0 N–H and O–H groups in total. The van der Waals surface area contributed by atoms with Crippen molar-refractivity contribution < 1.29 is 14.3 Å². The van der Waals surface area contributed by atoms with E-state index in [9.17, 15) is 9.59 Å². The smallest absolute Gasteiger partial charge is 0.337 e. The summed E-state index contributed by atoms with van der Waals surface area (Å²) in [5.41, 5.74) is 1.18. The van der Waals surface area contributed by atoms with Crippen molar-refractivity contribution in [2.75, 3.05) is 7.11 Å². The Labute approximate surface area is 77.1 Å². The molecule has 0 heterocycles. The van der Waals surface area contributed by atoms with Crippen LogP contribution in [-0.4, -0.2) is 18.9 Å². The van der Waals surface area contributed by atoms with E-state index in [1.807, 2.05) is 0 Å². The normalized spacial score (nSPS) is 15.8. The van der Waals surface area contributed by atoms with Gasteiger partial charge < -0.3 is 4.74 Å². The maximum atomic E-state index is 11.1. The molecule has 0 atom stereocenters. The van der Waals surface area contributed by atoms with Gasteiger partial charge in [0, 0.05) is 0 Å². The van der Waals surface area contributed by atoms with E-state index >= 15 is 0 Å². The minimum absolute atomic E-state index is 0.0227. The number of allylic oxidation sites excluding steroid dienone is 2. The summed E-state index contributed by atoms with van der Waals surface area (Å²) in [4.78, 5) is 22.1. The standard InChI is InChI=1S/C10H12O3/c1-7(11)8-4-3-5-9(6-8)10(12)13-2/h5-6H,3-4H2,1-2H3. The lowest BCUT2D eigenvalue weighted by molar-refractivity contribution is -0.135. The van der Waals surface area contributed by atoms with E-state index in [2.05, 4.69) is 4.74 Å². The van der Waals surface area contributed by atoms with Crippen molar-refractivity contribution in [3.63, 3.8) is 0 Å². The lowest BCUT2D eigenvalue weighted by atomic mass is 9.97. The van der Waals surface area contributed by atoms with Crippen LogP contribution in [-0.2, 0) is 14.3 Å². The molecule has 0 amide bonds. The predicted molar refractivity (Wildman–Crippen MR) is 48.1 cm³/mol. The number of hydrogen-bond donors (Lipinski definition) is 0. The van der Waals surface area contributed by atoms with Crippen LogP contribution in [0, 0.1) is 0 Å². The van der Waals surface area contributed by atoms with E-state index in [-0.39, 0.29) is 11.8 Å². The Morgan fingerprint density at radius 3 is 2.69 bits per heavy atom. The fourth-order valence-electron chi connectivity index (χ4n) is 1.24. The molecule has 13 heavy (non-hydrogen) atoms. The van der Waals surface area contributed by atoms with E-state index in [1.165, 1.54) is 14.0 Å². The lowest BCUT2D eigenvalue weighted by Crippen LogP contribution is -2.08. The Morgan fingerprint density at radius 1 is 1.46 bits per heavy atom. The minimum atomic E-state index is -0.376. The third-order valence-corrected chi connectivity index (χ3v) is 1.98. The number of carbonyl (C=O) groups excluding carboxylic acids is 2. The molecule has 0 spiro atoms. The zero-order valence-electron chi connectivity index (χ0n) is 7.79. The Morgan fingerprint density at radius 2 is 2.15 bits per heavy atom. The quantitative estimate of drug-likeness (QED) is 0.603. The highest BCUT2D eigenvalue weighted by Crippen LogP contribution is 2.18. The van der Waals surface area contributed by atoms with Gasteiger partial charge in [-0.1, -0.05) is 6.08 Å². The van der Waals surface area contributed by atoms with Gasteiger partial charge in [-0.3, -0.25) is 4.79 Å². The van der Waals surface area contributed by atoms with Crippen LogP contribution in [0.1, 0.15) is 19.8 Å². The van der Waals surface area contributed by atoms with Gasteiger partial charge >= 0.3 is 5.97 Å². The zero-order valence-corrected chi connectivity index (χ0v) is 7.79. The SMILES string of the molecule is COC(=O)C1=CCCC(C(C)=O)=C1. The highest BCUT2D eigenvalue weighted by atomic mass is 16.5. The Hall–Kier alpha value is -1.38. The first-order chi connectivity index (χ1) is 6.15.